The number of fused-ring (bicyclic) bond motifs is 10. The Labute approximate surface area is 270 Å². The summed E-state index contributed by atoms with van der Waals surface area (Å²) in [7, 11) is 6.46. The zero-order valence-electron chi connectivity index (χ0n) is 27.0. The van der Waals surface area contributed by atoms with Gasteiger partial charge in [-0.25, -0.2) is 17.6 Å². The van der Waals surface area contributed by atoms with Crippen molar-refractivity contribution in [2.75, 3.05) is 38.0 Å². The Kier molecular flexibility index (Phi) is 8.08. The molecule has 2 aromatic carbocycles. The largest absolute Gasteiger partial charge is 0.422 e. The number of pyridine rings is 2. The first-order chi connectivity index (χ1) is 21.9. The Morgan fingerprint density at radius 1 is 0.500 bits per heavy atom. The minimum atomic E-state index is -5.63. The molecule has 5 rings (SSSR count). The average Bonchev–Trinajstić information content (AvgIpc) is 2.94. The predicted octanol–water partition coefficient (Wildman–Crippen LogP) is 9.50. The smallest absolute Gasteiger partial charge is 0.378 e. The molecule has 0 radical (unpaired) electrons. The maximum Gasteiger partial charge on any atom is 0.422 e. The summed E-state index contributed by atoms with van der Waals surface area (Å²) in [5.41, 5.74) is -11.7. The summed E-state index contributed by atoms with van der Waals surface area (Å²) < 4.78 is 150. The Balaban J connectivity index is 2.11. The summed E-state index contributed by atoms with van der Waals surface area (Å²) >= 11 is 0. The van der Waals surface area contributed by atoms with E-state index in [1.807, 2.05) is 0 Å². The molecular weight excluding hydrogens is 654 g/mol. The maximum absolute atomic E-state index is 16.0. The van der Waals surface area contributed by atoms with Crippen LogP contribution < -0.4 is 9.80 Å². The maximum atomic E-state index is 16.0. The Hall–Kier alpha value is -4.36. The van der Waals surface area contributed by atoms with E-state index >= 15 is 17.6 Å². The Bertz CT molecular complexity index is 1820. The molecule has 0 N–H and O–H groups in total. The van der Waals surface area contributed by atoms with E-state index in [9.17, 15) is 26.3 Å². The number of hydrogen-bond donors (Lipinski definition) is 0. The summed E-state index contributed by atoms with van der Waals surface area (Å²) in [5.74, 6) is -8.38. The van der Waals surface area contributed by atoms with E-state index < -0.39 is 79.8 Å². The van der Waals surface area contributed by atoms with Gasteiger partial charge in [0.25, 0.3) is 0 Å². The van der Waals surface area contributed by atoms with Gasteiger partial charge in [0.05, 0.1) is 22.8 Å². The quantitative estimate of drug-likeness (QED) is 0.197. The van der Waals surface area contributed by atoms with E-state index in [4.69, 9.17) is 0 Å². The van der Waals surface area contributed by atoms with Crippen LogP contribution in [0.15, 0.2) is 36.4 Å². The van der Waals surface area contributed by atoms with Gasteiger partial charge in [-0.2, -0.15) is 26.3 Å². The van der Waals surface area contributed by atoms with Gasteiger partial charge in [0.1, 0.15) is 34.4 Å². The number of halogens is 10. The fourth-order valence-corrected chi connectivity index (χ4v) is 5.79. The molecule has 0 saturated heterocycles. The van der Waals surface area contributed by atoms with E-state index in [1.54, 1.807) is 64.0 Å². The molecule has 2 aromatic heterocycles. The molecule has 4 nitrogen and oxygen atoms in total. The van der Waals surface area contributed by atoms with Gasteiger partial charge in [-0.1, -0.05) is 13.8 Å². The highest BCUT2D eigenvalue weighted by Gasteiger charge is 2.46. The molecule has 0 fully saturated rings. The van der Waals surface area contributed by atoms with Crippen LogP contribution in [0, 0.1) is 23.3 Å². The van der Waals surface area contributed by atoms with Crippen molar-refractivity contribution in [3.05, 3.63) is 93.3 Å². The van der Waals surface area contributed by atoms with E-state index in [2.05, 4.69) is 9.97 Å². The van der Waals surface area contributed by atoms with Crippen LogP contribution in [0.1, 0.15) is 61.3 Å². The normalized spacial score (nSPS) is 15.2. The number of aromatic nitrogens is 2. The third kappa shape index (κ3) is 5.52. The van der Waals surface area contributed by atoms with E-state index in [1.165, 1.54) is 12.1 Å². The molecule has 8 bridgehead atoms. The SMILES string of the molecule is CN(C)c1cc2nc(c1)C(C)(C)c1cc(N(C)C)cc(n1)-c1cc(c(F)c(C(F)(F)F)c1F)C(C)(C)c1cc-2c(F)c(C(F)(F)F)c1F. The number of benzene rings is 2. The molecule has 3 heterocycles. The van der Waals surface area contributed by atoms with Gasteiger partial charge in [0.15, 0.2) is 0 Å². The van der Waals surface area contributed by atoms with Crippen molar-refractivity contribution in [1.29, 1.82) is 0 Å². The van der Waals surface area contributed by atoms with Crippen molar-refractivity contribution in [2.45, 2.75) is 50.9 Å². The van der Waals surface area contributed by atoms with Crippen molar-refractivity contribution in [1.82, 2.24) is 9.97 Å². The highest BCUT2D eigenvalue weighted by Crippen LogP contribution is 2.48. The van der Waals surface area contributed by atoms with Crippen LogP contribution in [0.3, 0.4) is 0 Å². The highest BCUT2D eigenvalue weighted by molar-refractivity contribution is 5.72. The molecule has 0 saturated carbocycles. The summed E-state index contributed by atoms with van der Waals surface area (Å²) in [6, 6.07) is 7.03. The molecule has 256 valence electrons. The Morgan fingerprint density at radius 3 is 1.12 bits per heavy atom. The lowest BCUT2D eigenvalue weighted by molar-refractivity contribution is -0.143. The molecule has 0 spiro atoms. The standard InChI is InChI=1S/C34H30F10N4/c1-31(2)19-13-17(27(35)25(29(19)37)33(39,40)41)21-9-15(47(5)6)11-23(45-21)32(3,4)24-12-16(48(7)8)10-22(46-24)18-14-20(31)30(38)26(28(18)36)34(42,43)44/h9-14H,1-8H3. The summed E-state index contributed by atoms with van der Waals surface area (Å²) in [5, 5.41) is 0. The van der Waals surface area contributed by atoms with Crippen LogP contribution in [-0.2, 0) is 23.2 Å². The van der Waals surface area contributed by atoms with Crippen molar-refractivity contribution in [2.24, 2.45) is 0 Å². The van der Waals surface area contributed by atoms with Crippen LogP contribution in [0.25, 0.3) is 22.5 Å². The van der Waals surface area contributed by atoms with Crippen LogP contribution >= 0.6 is 0 Å². The summed E-state index contributed by atoms with van der Waals surface area (Å²) in [6.45, 7) is 5.15. The molecule has 0 amide bonds. The van der Waals surface area contributed by atoms with Gasteiger partial charge in [0, 0.05) is 61.5 Å². The predicted molar refractivity (Wildman–Crippen MR) is 162 cm³/mol. The fraction of sp³-hybridized carbons (Fsp3) is 0.353. The minimum Gasteiger partial charge on any atom is -0.378 e. The second-order valence-electron chi connectivity index (χ2n) is 13.2. The van der Waals surface area contributed by atoms with Crippen molar-refractivity contribution < 1.29 is 43.9 Å². The molecule has 1 aliphatic rings. The molecule has 0 unspecified atom stereocenters. The van der Waals surface area contributed by atoms with Gasteiger partial charge in [0.2, 0.25) is 0 Å². The lowest BCUT2D eigenvalue weighted by Gasteiger charge is -2.32. The number of nitrogens with zero attached hydrogens (tertiary/aromatic N) is 4. The second kappa shape index (κ2) is 11.1. The lowest BCUT2D eigenvalue weighted by atomic mass is 9.74. The lowest BCUT2D eigenvalue weighted by Crippen LogP contribution is -2.28. The molecular formula is C34H30F10N4. The van der Waals surface area contributed by atoms with Gasteiger partial charge in [-0.3, -0.25) is 9.97 Å². The van der Waals surface area contributed by atoms with E-state index in [0.717, 1.165) is 13.8 Å². The van der Waals surface area contributed by atoms with Gasteiger partial charge < -0.3 is 9.80 Å². The highest BCUT2D eigenvalue weighted by atomic mass is 19.4. The third-order valence-electron chi connectivity index (χ3n) is 8.80. The first kappa shape index (κ1) is 35.0. The first-order valence-electron chi connectivity index (χ1n) is 14.5. The van der Waals surface area contributed by atoms with Gasteiger partial charge in [-0.15, -0.1) is 0 Å². The van der Waals surface area contributed by atoms with Crippen LogP contribution in [0.2, 0.25) is 0 Å². The fourth-order valence-electron chi connectivity index (χ4n) is 5.79. The summed E-state index contributed by atoms with van der Waals surface area (Å²) in [4.78, 5) is 12.2. The molecule has 48 heavy (non-hydrogen) atoms. The molecule has 14 heteroatoms. The molecule has 4 aromatic rings. The molecule has 1 aliphatic heterocycles. The Morgan fingerprint density at radius 2 is 0.833 bits per heavy atom. The van der Waals surface area contributed by atoms with Crippen LogP contribution in [0.4, 0.5) is 55.3 Å². The van der Waals surface area contributed by atoms with E-state index in [-0.39, 0.29) is 22.8 Å². The number of hydrogen-bond acceptors (Lipinski definition) is 4. The zero-order valence-corrected chi connectivity index (χ0v) is 27.0. The number of alkyl halides is 6. The minimum absolute atomic E-state index is 0.143. The topological polar surface area (TPSA) is 32.3 Å². The van der Waals surface area contributed by atoms with Crippen molar-refractivity contribution in [3.63, 3.8) is 0 Å². The first-order valence-corrected chi connectivity index (χ1v) is 14.5. The zero-order chi connectivity index (χ0) is 36.0. The number of rotatable bonds is 2. The van der Waals surface area contributed by atoms with Crippen molar-refractivity contribution in [3.8, 4) is 22.5 Å². The van der Waals surface area contributed by atoms with Crippen LogP contribution in [0.5, 0.6) is 0 Å². The van der Waals surface area contributed by atoms with Gasteiger partial charge >= 0.3 is 12.4 Å². The summed E-state index contributed by atoms with van der Waals surface area (Å²) in [6.07, 6.45) is -11.3. The average molecular weight is 685 g/mol. The van der Waals surface area contributed by atoms with E-state index in [0.29, 0.717) is 23.5 Å². The van der Waals surface area contributed by atoms with Gasteiger partial charge in [-0.05, 0) is 61.4 Å². The van der Waals surface area contributed by atoms with Crippen molar-refractivity contribution >= 4 is 11.4 Å². The second-order valence-corrected chi connectivity index (χ2v) is 13.2. The third-order valence-corrected chi connectivity index (χ3v) is 8.80. The molecule has 0 aliphatic carbocycles. The van der Waals surface area contributed by atoms with Crippen LogP contribution in [-0.4, -0.2) is 38.2 Å². The number of anilines is 2. The molecule has 0 atom stereocenters. The monoisotopic (exact) mass is 684 g/mol.